The van der Waals surface area contributed by atoms with Crippen molar-refractivity contribution in [2.45, 2.75) is 412 Å². The average molecular weight is 1380 g/mol. The van der Waals surface area contributed by atoms with Crippen molar-refractivity contribution in [2.75, 3.05) is 39.6 Å². The van der Waals surface area contributed by atoms with Crippen molar-refractivity contribution in [2.24, 2.45) is 5.92 Å². The highest BCUT2D eigenvalue weighted by molar-refractivity contribution is 7.47. The molecule has 0 bridgehead atoms. The Balaban J connectivity index is 5.27. The van der Waals surface area contributed by atoms with Crippen molar-refractivity contribution in [3.63, 3.8) is 0 Å². The van der Waals surface area contributed by atoms with Gasteiger partial charge in [0.2, 0.25) is 0 Å². The van der Waals surface area contributed by atoms with Gasteiger partial charge in [0.1, 0.15) is 19.3 Å². The molecule has 0 amide bonds. The summed E-state index contributed by atoms with van der Waals surface area (Å²) >= 11 is 0. The Labute approximate surface area is 575 Å². The average Bonchev–Trinajstić information content (AvgIpc) is 2.81. The van der Waals surface area contributed by atoms with E-state index in [1.54, 1.807) is 0 Å². The molecule has 6 atom stereocenters. The zero-order chi connectivity index (χ0) is 69.1. The maximum Gasteiger partial charge on any atom is 0.472 e. The third-order valence-electron chi connectivity index (χ3n) is 17.9. The summed E-state index contributed by atoms with van der Waals surface area (Å²) in [4.78, 5) is 72.8. The number of hydrogen-bond acceptors (Lipinski definition) is 15. The lowest BCUT2D eigenvalue weighted by molar-refractivity contribution is -0.161. The Kier molecular flexibility index (Phi) is 66.8. The molecule has 19 heteroatoms. The molecule has 0 aromatic heterocycles. The highest BCUT2D eigenvalue weighted by Crippen LogP contribution is 2.45. The minimum absolute atomic E-state index is 0.108. The van der Waals surface area contributed by atoms with Crippen LogP contribution < -0.4 is 0 Å². The van der Waals surface area contributed by atoms with Gasteiger partial charge in [-0.3, -0.25) is 37.3 Å². The summed E-state index contributed by atoms with van der Waals surface area (Å²) in [6.45, 7) is 7.30. The van der Waals surface area contributed by atoms with Crippen LogP contribution in [0.15, 0.2) is 0 Å². The highest BCUT2D eigenvalue weighted by atomic mass is 31.2. The van der Waals surface area contributed by atoms with Crippen molar-refractivity contribution in [3.05, 3.63) is 0 Å². The van der Waals surface area contributed by atoms with Gasteiger partial charge in [0, 0.05) is 25.7 Å². The van der Waals surface area contributed by atoms with E-state index in [1.165, 1.54) is 218 Å². The highest BCUT2D eigenvalue weighted by Gasteiger charge is 2.30. The third kappa shape index (κ3) is 67.3. The maximum absolute atomic E-state index is 13.1. The first kappa shape index (κ1) is 92.1. The molecule has 3 N–H and O–H groups in total. The zero-order valence-corrected chi connectivity index (χ0v) is 62.9. The van der Waals surface area contributed by atoms with E-state index in [1.807, 2.05) is 0 Å². The molecule has 94 heavy (non-hydrogen) atoms. The van der Waals surface area contributed by atoms with Crippen LogP contribution in [0.3, 0.4) is 0 Å². The summed E-state index contributed by atoms with van der Waals surface area (Å²) in [5.41, 5.74) is 0. The molecule has 0 radical (unpaired) electrons. The lowest BCUT2D eigenvalue weighted by Crippen LogP contribution is -2.30. The Hall–Kier alpha value is -1.94. The van der Waals surface area contributed by atoms with Gasteiger partial charge in [-0.15, -0.1) is 0 Å². The van der Waals surface area contributed by atoms with E-state index in [2.05, 4.69) is 34.6 Å². The van der Waals surface area contributed by atoms with E-state index in [4.69, 9.17) is 37.0 Å². The van der Waals surface area contributed by atoms with E-state index in [-0.39, 0.29) is 25.7 Å². The first-order chi connectivity index (χ1) is 45.6. The third-order valence-corrected chi connectivity index (χ3v) is 19.8. The Morgan fingerprint density at radius 2 is 0.511 bits per heavy atom. The molecule has 0 aromatic rings. The second-order valence-corrected chi connectivity index (χ2v) is 30.2. The number of phosphoric acid groups is 2. The topological polar surface area (TPSA) is 237 Å². The molecule has 0 aromatic carbocycles. The van der Waals surface area contributed by atoms with Crippen molar-refractivity contribution in [1.29, 1.82) is 0 Å². The molecular formula is C75H146O17P2. The Morgan fingerprint density at radius 1 is 0.298 bits per heavy atom. The molecule has 0 saturated heterocycles. The van der Waals surface area contributed by atoms with Crippen molar-refractivity contribution < 1.29 is 80.2 Å². The van der Waals surface area contributed by atoms with Gasteiger partial charge in [-0.1, -0.05) is 343 Å². The van der Waals surface area contributed by atoms with Crippen LogP contribution in [0.4, 0.5) is 0 Å². The number of aliphatic hydroxyl groups is 1. The monoisotopic (exact) mass is 1380 g/mol. The molecule has 0 fully saturated rings. The smallest absolute Gasteiger partial charge is 0.462 e. The number of aliphatic hydroxyl groups excluding tert-OH is 1. The van der Waals surface area contributed by atoms with Crippen molar-refractivity contribution in [3.8, 4) is 0 Å². The van der Waals surface area contributed by atoms with Gasteiger partial charge >= 0.3 is 39.5 Å². The number of phosphoric ester groups is 2. The summed E-state index contributed by atoms with van der Waals surface area (Å²) in [5, 5.41) is 10.6. The number of carbonyl (C=O) groups is 4. The van der Waals surface area contributed by atoms with Gasteiger partial charge in [0.25, 0.3) is 0 Å². The zero-order valence-electron chi connectivity index (χ0n) is 61.1. The van der Waals surface area contributed by atoms with E-state index in [0.29, 0.717) is 25.7 Å². The second kappa shape index (κ2) is 68.2. The summed E-state index contributed by atoms with van der Waals surface area (Å²) in [6.07, 6.45) is 56.6. The van der Waals surface area contributed by atoms with Crippen molar-refractivity contribution in [1.82, 2.24) is 0 Å². The molecule has 558 valence electrons. The van der Waals surface area contributed by atoms with Crippen LogP contribution in [0.1, 0.15) is 394 Å². The molecule has 17 nitrogen and oxygen atoms in total. The minimum Gasteiger partial charge on any atom is -0.462 e. The molecule has 0 rings (SSSR count). The summed E-state index contributed by atoms with van der Waals surface area (Å²) in [7, 11) is -9.91. The lowest BCUT2D eigenvalue weighted by Gasteiger charge is -2.21. The van der Waals surface area contributed by atoms with Crippen LogP contribution in [0.2, 0.25) is 0 Å². The minimum atomic E-state index is -4.95. The van der Waals surface area contributed by atoms with Gasteiger partial charge in [-0.05, 0) is 31.6 Å². The first-order valence-corrected chi connectivity index (χ1v) is 42.2. The molecule has 0 heterocycles. The normalized spacial score (nSPS) is 14.3. The van der Waals surface area contributed by atoms with Crippen LogP contribution in [-0.4, -0.2) is 96.7 Å². The fraction of sp³-hybridized carbons (Fsp3) is 0.947. The molecule has 0 spiro atoms. The molecule has 0 aliphatic heterocycles. The second-order valence-electron chi connectivity index (χ2n) is 27.3. The van der Waals surface area contributed by atoms with Gasteiger partial charge < -0.3 is 33.8 Å². The predicted octanol–water partition coefficient (Wildman–Crippen LogP) is 22.1. The number of esters is 4. The van der Waals surface area contributed by atoms with Crippen LogP contribution in [-0.2, 0) is 65.4 Å². The van der Waals surface area contributed by atoms with E-state index >= 15 is 0 Å². The molecule has 0 aliphatic carbocycles. The maximum atomic E-state index is 13.1. The van der Waals surface area contributed by atoms with Crippen LogP contribution in [0.5, 0.6) is 0 Å². The summed E-state index contributed by atoms with van der Waals surface area (Å²) in [6, 6.07) is 0. The molecule has 0 saturated carbocycles. The van der Waals surface area contributed by atoms with Gasteiger partial charge in [-0.25, -0.2) is 9.13 Å². The quantitative estimate of drug-likeness (QED) is 0.0222. The SMILES string of the molecule is CCCCCCCCCCCCCCCCC(=O)OC[C@H](COP(=O)(O)OC[C@@H](O)COP(=O)(O)OC[C@@H](COC(=O)CCCCCCCCCCC(C)CC)OC(=O)CCCCCCCCCCCCCCCC)OC(=O)CCCCCCCCCCCCCCCC. The van der Waals surface area contributed by atoms with E-state index in [9.17, 15) is 43.2 Å². The number of unbranched alkanes of at least 4 members (excludes halogenated alkanes) is 46. The van der Waals surface area contributed by atoms with Gasteiger partial charge in [0.15, 0.2) is 12.2 Å². The van der Waals surface area contributed by atoms with Crippen molar-refractivity contribution >= 4 is 39.5 Å². The number of carbonyl (C=O) groups excluding carboxylic acids is 4. The van der Waals surface area contributed by atoms with Crippen LogP contribution >= 0.6 is 15.6 Å². The lowest BCUT2D eigenvalue weighted by atomic mass is 9.99. The molecular weight excluding hydrogens is 1230 g/mol. The summed E-state index contributed by atoms with van der Waals surface area (Å²) in [5.74, 6) is -1.33. The summed E-state index contributed by atoms with van der Waals surface area (Å²) < 4.78 is 68.5. The fourth-order valence-electron chi connectivity index (χ4n) is 11.5. The van der Waals surface area contributed by atoms with Gasteiger partial charge in [0.05, 0.1) is 26.4 Å². The first-order valence-electron chi connectivity index (χ1n) is 39.2. The number of rotatable bonds is 75. The van der Waals surface area contributed by atoms with E-state index < -0.39 is 97.5 Å². The largest absolute Gasteiger partial charge is 0.472 e. The fourth-order valence-corrected chi connectivity index (χ4v) is 13.1. The predicted molar refractivity (Wildman–Crippen MR) is 382 cm³/mol. The van der Waals surface area contributed by atoms with E-state index in [0.717, 1.165) is 95.8 Å². The van der Waals surface area contributed by atoms with Gasteiger partial charge in [-0.2, -0.15) is 0 Å². The van der Waals surface area contributed by atoms with Crippen LogP contribution in [0, 0.1) is 5.92 Å². The molecule has 3 unspecified atom stereocenters. The Bertz CT molecular complexity index is 1810. The number of ether oxygens (including phenoxy) is 4. The standard InChI is InChI=1S/C75H146O17P2/c1-6-10-13-16-19-22-25-28-31-34-37-43-48-53-58-72(77)85-64-70(91-74(79)60-55-50-45-38-35-32-29-26-23-20-17-14-11-7-2)66-89-93(81,82)87-62-69(76)63-88-94(83,84)90-67-71(65-86-73(78)59-54-49-44-41-40-42-47-52-57-68(5)9-4)92-75(80)61-56-51-46-39-36-33-30-27-24-21-18-15-12-8-3/h68-71,76H,6-67H2,1-5H3,(H,81,82)(H,83,84)/t68?,69-,70-,71-/m1/s1. The Morgan fingerprint density at radius 3 is 0.755 bits per heavy atom. The number of hydrogen-bond donors (Lipinski definition) is 3. The van der Waals surface area contributed by atoms with Crippen LogP contribution in [0.25, 0.3) is 0 Å². The molecule has 0 aliphatic rings.